The Bertz CT molecular complexity index is 655. The molecule has 3 aromatic heterocycles. The molecule has 0 amide bonds. The van der Waals surface area contributed by atoms with Gasteiger partial charge >= 0.3 is 0 Å². The highest BCUT2D eigenvalue weighted by Crippen LogP contribution is 2.26. The third-order valence-corrected chi connectivity index (χ3v) is 2.59. The van der Waals surface area contributed by atoms with Crippen LogP contribution in [0.25, 0.3) is 23.2 Å². The van der Waals surface area contributed by atoms with Crippen molar-refractivity contribution >= 4 is 15.9 Å². The van der Waals surface area contributed by atoms with Gasteiger partial charge in [-0.25, -0.2) is 4.98 Å². The summed E-state index contributed by atoms with van der Waals surface area (Å²) in [6.07, 6.45) is 1.33. The van der Waals surface area contributed by atoms with Crippen LogP contribution in [0.4, 0.5) is 0 Å². The van der Waals surface area contributed by atoms with E-state index in [-0.39, 0.29) is 5.89 Å². The fraction of sp³-hybridized carbons (Fsp3) is 0.100. The molecular formula is C10H6BrN3O3. The molecule has 3 heterocycles. The minimum Gasteiger partial charge on any atom is -0.446 e. The Morgan fingerprint density at radius 2 is 2.18 bits per heavy atom. The summed E-state index contributed by atoms with van der Waals surface area (Å²) in [4.78, 5) is 8.12. The zero-order valence-electron chi connectivity index (χ0n) is 8.68. The lowest BCUT2D eigenvalue weighted by atomic mass is 10.3. The van der Waals surface area contributed by atoms with Crippen LogP contribution in [-0.2, 0) is 0 Å². The van der Waals surface area contributed by atoms with E-state index in [0.29, 0.717) is 27.7 Å². The molecule has 0 N–H and O–H groups in total. The van der Waals surface area contributed by atoms with Gasteiger partial charge in [-0.1, -0.05) is 5.16 Å². The van der Waals surface area contributed by atoms with E-state index in [2.05, 4.69) is 31.1 Å². The van der Waals surface area contributed by atoms with Crippen LogP contribution < -0.4 is 0 Å². The highest BCUT2D eigenvalue weighted by atomic mass is 79.9. The number of rotatable bonds is 2. The lowest BCUT2D eigenvalue weighted by Crippen LogP contribution is -1.79. The molecule has 3 aromatic rings. The maximum Gasteiger partial charge on any atom is 0.296 e. The van der Waals surface area contributed by atoms with Gasteiger partial charge in [-0.15, -0.1) is 0 Å². The van der Waals surface area contributed by atoms with Crippen LogP contribution in [-0.4, -0.2) is 15.1 Å². The standard InChI is InChI=1S/C10H6BrN3O3/c1-5-8(15-4-12-5)10-13-9(14-17-10)6-2-3-7(11)16-6/h2-4H,1H3. The monoisotopic (exact) mass is 295 g/mol. The van der Waals surface area contributed by atoms with Gasteiger partial charge in [0, 0.05) is 0 Å². The predicted molar refractivity (Wildman–Crippen MR) is 59.9 cm³/mol. The van der Waals surface area contributed by atoms with E-state index < -0.39 is 0 Å². The smallest absolute Gasteiger partial charge is 0.296 e. The van der Waals surface area contributed by atoms with Crippen LogP contribution in [0.15, 0.2) is 36.6 Å². The molecule has 0 fully saturated rings. The van der Waals surface area contributed by atoms with Crippen molar-refractivity contribution in [1.82, 2.24) is 15.1 Å². The Kier molecular flexibility index (Phi) is 2.32. The quantitative estimate of drug-likeness (QED) is 0.723. The summed E-state index contributed by atoms with van der Waals surface area (Å²) in [6.45, 7) is 1.80. The first-order chi connectivity index (χ1) is 8.24. The van der Waals surface area contributed by atoms with Crippen LogP contribution in [0, 0.1) is 6.92 Å². The Hall–Kier alpha value is -1.89. The van der Waals surface area contributed by atoms with Crippen molar-refractivity contribution in [2.45, 2.75) is 6.92 Å². The molecule has 17 heavy (non-hydrogen) atoms. The molecule has 0 saturated carbocycles. The second-order valence-electron chi connectivity index (χ2n) is 3.29. The molecule has 0 aromatic carbocycles. The minimum atomic E-state index is 0.280. The summed E-state index contributed by atoms with van der Waals surface area (Å²) >= 11 is 3.21. The number of furan rings is 1. The number of oxazole rings is 1. The highest BCUT2D eigenvalue weighted by Gasteiger charge is 2.17. The highest BCUT2D eigenvalue weighted by molar-refractivity contribution is 9.10. The molecular weight excluding hydrogens is 290 g/mol. The summed E-state index contributed by atoms with van der Waals surface area (Å²) < 4.78 is 16.2. The molecule has 0 aliphatic carbocycles. The van der Waals surface area contributed by atoms with Crippen molar-refractivity contribution in [1.29, 1.82) is 0 Å². The van der Waals surface area contributed by atoms with Crippen molar-refractivity contribution < 1.29 is 13.4 Å². The van der Waals surface area contributed by atoms with E-state index in [4.69, 9.17) is 13.4 Å². The van der Waals surface area contributed by atoms with Crippen LogP contribution in [0.1, 0.15) is 5.69 Å². The fourth-order valence-electron chi connectivity index (χ4n) is 1.36. The molecule has 0 bridgehead atoms. The Morgan fingerprint density at radius 3 is 2.82 bits per heavy atom. The maximum atomic E-state index is 5.32. The molecule has 0 spiro atoms. The van der Waals surface area contributed by atoms with E-state index in [9.17, 15) is 0 Å². The summed E-state index contributed by atoms with van der Waals surface area (Å²) in [5, 5.41) is 3.81. The van der Waals surface area contributed by atoms with E-state index in [0.717, 1.165) is 0 Å². The average Bonchev–Trinajstić information content (AvgIpc) is 2.97. The zero-order chi connectivity index (χ0) is 11.8. The van der Waals surface area contributed by atoms with Gasteiger partial charge in [0.15, 0.2) is 16.8 Å². The van der Waals surface area contributed by atoms with Crippen LogP contribution in [0.3, 0.4) is 0 Å². The largest absolute Gasteiger partial charge is 0.446 e. The van der Waals surface area contributed by atoms with Gasteiger partial charge in [-0.3, -0.25) is 0 Å². The molecule has 0 radical (unpaired) electrons. The third-order valence-electron chi connectivity index (χ3n) is 2.16. The zero-order valence-corrected chi connectivity index (χ0v) is 10.3. The first kappa shape index (κ1) is 10.3. The van der Waals surface area contributed by atoms with Gasteiger partial charge in [-0.05, 0) is 35.0 Å². The number of halogens is 1. The molecule has 0 saturated heterocycles. The lowest BCUT2D eigenvalue weighted by molar-refractivity contribution is 0.414. The van der Waals surface area contributed by atoms with Gasteiger partial charge in [-0.2, -0.15) is 4.98 Å². The second kappa shape index (κ2) is 3.85. The van der Waals surface area contributed by atoms with E-state index in [1.165, 1.54) is 6.39 Å². The average molecular weight is 296 g/mol. The summed E-state index contributed by atoms with van der Waals surface area (Å²) in [6, 6.07) is 3.50. The Balaban J connectivity index is 2.01. The van der Waals surface area contributed by atoms with Crippen LogP contribution in [0.2, 0.25) is 0 Å². The van der Waals surface area contributed by atoms with Gasteiger partial charge in [0.25, 0.3) is 5.89 Å². The Morgan fingerprint density at radius 1 is 1.29 bits per heavy atom. The van der Waals surface area contributed by atoms with Crippen molar-refractivity contribution in [3.05, 3.63) is 28.9 Å². The van der Waals surface area contributed by atoms with E-state index in [1.807, 2.05) is 0 Å². The summed E-state index contributed by atoms with van der Waals surface area (Å²) in [7, 11) is 0. The first-order valence-corrected chi connectivity index (χ1v) is 5.53. The molecule has 0 atom stereocenters. The topological polar surface area (TPSA) is 78.1 Å². The van der Waals surface area contributed by atoms with Crippen molar-refractivity contribution in [3.8, 4) is 23.2 Å². The molecule has 86 valence electrons. The fourth-order valence-corrected chi connectivity index (χ4v) is 1.66. The molecule has 0 unspecified atom stereocenters. The molecule has 0 aliphatic rings. The minimum absolute atomic E-state index is 0.280. The lowest BCUT2D eigenvalue weighted by Gasteiger charge is -1.86. The predicted octanol–water partition coefficient (Wildman–Crippen LogP) is 3.06. The summed E-state index contributed by atoms with van der Waals surface area (Å²) in [5.74, 6) is 1.63. The van der Waals surface area contributed by atoms with E-state index in [1.54, 1.807) is 19.1 Å². The summed E-state index contributed by atoms with van der Waals surface area (Å²) in [5.41, 5.74) is 0.695. The number of aromatic nitrogens is 3. The number of aryl methyl sites for hydroxylation is 1. The number of hydrogen-bond acceptors (Lipinski definition) is 6. The molecule has 0 aliphatic heterocycles. The Labute approximate surface area is 104 Å². The number of hydrogen-bond donors (Lipinski definition) is 0. The maximum absolute atomic E-state index is 5.32. The third kappa shape index (κ3) is 1.78. The van der Waals surface area contributed by atoms with Crippen molar-refractivity contribution in [2.75, 3.05) is 0 Å². The molecule has 6 nitrogen and oxygen atoms in total. The normalized spacial score (nSPS) is 10.9. The SMILES string of the molecule is Cc1ncoc1-c1nc(-c2ccc(Br)o2)no1. The van der Waals surface area contributed by atoms with Crippen molar-refractivity contribution in [3.63, 3.8) is 0 Å². The first-order valence-electron chi connectivity index (χ1n) is 4.74. The van der Waals surface area contributed by atoms with Crippen LogP contribution in [0.5, 0.6) is 0 Å². The molecule has 7 heteroatoms. The van der Waals surface area contributed by atoms with Crippen molar-refractivity contribution in [2.24, 2.45) is 0 Å². The van der Waals surface area contributed by atoms with Gasteiger partial charge in [0.2, 0.25) is 11.6 Å². The van der Waals surface area contributed by atoms with E-state index >= 15 is 0 Å². The van der Waals surface area contributed by atoms with Gasteiger partial charge < -0.3 is 13.4 Å². The number of nitrogens with zero attached hydrogens (tertiary/aromatic N) is 3. The van der Waals surface area contributed by atoms with Gasteiger partial charge in [0.05, 0.1) is 5.69 Å². The van der Waals surface area contributed by atoms with Crippen LogP contribution >= 0.6 is 15.9 Å². The molecule has 3 rings (SSSR count). The second-order valence-corrected chi connectivity index (χ2v) is 4.08. The van der Waals surface area contributed by atoms with Gasteiger partial charge in [0.1, 0.15) is 0 Å².